The third kappa shape index (κ3) is 5.19. The van der Waals surface area contributed by atoms with Gasteiger partial charge in [-0.3, -0.25) is 9.59 Å². The lowest BCUT2D eigenvalue weighted by Gasteiger charge is -2.10. The number of nitrogens with one attached hydrogen (secondary N) is 1. The molecule has 0 spiro atoms. The maximum atomic E-state index is 11.9. The lowest BCUT2D eigenvalue weighted by atomic mass is 10.1. The van der Waals surface area contributed by atoms with E-state index in [1.54, 1.807) is 0 Å². The first-order valence-electron chi connectivity index (χ1n) is 7.38. The normalized spacial score (nSPS) is 17.6. The highest BCUT2D eigenvalue weighted by Crippen LogP contribution is 2.16. The molecule has 114 valence electrons. The molecule has 2 N–H and O–H groups in total. The molecule has 1 aliphatic heterocycles. The summed E-state index contributed by atoms with van der Waals surface area (Å²) in [7, 11) is 0. The van der Waals surface area contributed by atoms with Gasteiger partial charge in [0.05, 0.1) is 0 Å². The van der Waals surface area contributed by atoms with Crippen LogP contribution in [0.2, 0.25) is 0 Å². The number of rotatable bonds is 7. The van der Waals surface area contributed by atoms with Crippen molar-refractivity contribution in [2.75, 3.05) is 11.9 Å². The number of aliphatic carboxylic acids is 1. The Hall–Kier alpha value is -1.88. The third-order valence-corrected chi connectivity index (χ3v) is 3.55. The van der Waals surface area contributed by atoms with Crippen molar-refractivity contribution in [2.24, 2.45) is 0 Å². The number of carbonyl (C=O) groups is 2. The molecule has 1 unspecified atom stereocenters. The van der Waals surface area contributed by atoms with Gasteiger partial charge < -0.3 is 15.2 Å². The van der Waals surface area contributed by atoms with Crippen LogP contribution in [-0.4, -0.2) is 29.7 Å². The Morgan fingerprint density at radius 1 is 1.24 bits per heavy atom. The zero-order valence-electron chi connectivity index (χ0n) is 12.0. The second kappa shape index (κ2) is 7.78. The second-order valence-electron chi connectivity index (χ2n) is 5.29. The van der Waals surface area contributed by atoms with E-state index in [9.17, 15) is 9.59 Å². The largest absolute Gasteiger partial charge is 0.481 e. The number of carbonyl (C=O) groups excluding carboxylic acids is 1. The lowest BCUT2D eigenvalue weighted by Crippen LogP contribution is -2.26. The highest BCUT2D eigenvalue weighted by molar-refractivity contribution is 5.94. The minimum atomic E-state index is -0.748. The Morgan fingerprint density at radius 2 is 2.00 bits per heavy atom. The molecule has 1 aromatic carbocycles. The topological polar surface area (TPSA) is 75.6 Å². The molecule has 1 aliphatic rings. The molecule has 2 rings (SSSR count). The summed E-state index contributed by atoms with van der Waals surface area (Å²) in [5, 5.41) is 11.4. The number of aryl methyl sites for hydroxylation is 1. The number of ether oxygens (including phenoxy) is 1. The standard InChI is InChI=1S/C16H21NO4/c18-15(19)6-2-1-4-12-7-9-13(10-8-12)17-16(20)14-5-3-11-21-14/h7-10,14H,1-6,11H2,(H,17,20)(H,18,19). The van der Waals surface area contributed by atoms with Crippen molar-refractivity contribution in [3.8, 4) is 0 Å². The summed E-state index contributed by atoms with van der Waals surface area (Å²) in [4.78, 5) is 22.3. The maximum absolute atomic E-state index is 11.9. The van der Waals surface area contributed by atoms with Gasteiger partial charge in [0.15, 0.2) is 0 Å². The van der Waals surface area contributed by atoms with Crippen molar-refractivity contribution in [3.05, 3.63) is 29.8 Å². The Bertz CT molecular complexity index is 478. The zero-order valence-corrected chi connectivity index (χ0v) is 12.0. The van der Waals surface area contributed by atoms with E-state index in [-0.39, 0.29) is 18.4 Å². The summed E-state index contributed by atoms with van der Waals surface area (Å²) in [6, 6.07) is 7.68. The van der Waals surface area contributed by atoms with Gasteiger partial charge in [-0.15, -0.1) is 0 Å². The predicted octanol–water partition coefficient (Wildman–Crippen LogP) is 2.60. The zero-order chi connectivity index (χ0) is 15.1. The van der Waals surface area contributed by atoms with Gasteiger partial charge in [0, 0.05) is 18.7 Å². The summed E-state index contributed by atoms with van der Waals surface area (Å²) in [6.07, 6.45) is 4.02. The van der Waals surface area contributed by atoms with E-state index >= 15 is 0 Å². The van der Waals surface area contributed by atoms with Gasteiger partial charge in [-0.25, -0.2) is 0 Å². The number of benzene rings is 1. The molecular formula is C16H21NO4. The van der Waals surface area contributed by atoms with Crippen LogP contribution < -0.4 is 5.32 Å². The number of amides is 1. The van der Waals surface area contributed by atoms with Crippen molar-refractivity contribution in [2.45, 2.75) is 44.6 Å². The van der Waals surface area contributed by atoms with Crippen molar-refractivity contribution in [1.82, 2.24) is 0 Å². The first-order valence-corrected chi connectivity index (χ1v) is 7.38. The van der Waals surface area contributed by atoms with E-state index in [1.807, 2.05) is 24.3 Å². The molecule has 0 bridgehead atoms. The number of hydrogen-bond acceptors (Lipinski definition) is 3. The number of carboxylic acid groups (broad SMARTS) is 1. The summed E-state index contributed by atoms with van der Waals surface area (Å²) < 4.78 is 5.34. The highest BCUT2D eigenvalue weighted by Gasteiger charge is 2.23. The molecule has 0 aromatic heterocycles. The minimum absolute atomic E-state index is 0.0818. The molecule has 1 fully saturated rings. The van der Waals surface area contributed by atoms with Gasteiger partial charge in [0.2, 0.25) is 0 Å². The number of unbranched alkanes of at least 4 members (excludes halogenated alkanes) is 1. The van der Waals surface area contributed by atoms with Crippen molar-refractivity contribution in [1.29, 1.82) is 0 Å². The SMILES string of the molecule is O=C(O)CCCCc1ccc(NC(=O)C2CCCO2)cc1. The molecule has 1 atom stereocenters. The Labute approximate surface area is 124 Å². The van der Waals surface area contributed by atoms with Crippen molar-refractivity contribution in [3.63, 3.8) is 0 Å². The summed E-state index contributed by atoms with van der Waals surface area (Å²) in [5.41, 5.74) is 1.92. The van der Waals surface area contributed by atoms with Crippen LogP contribution in [0.15, 0.2) is 24.3 Å². The Morgan fingerprint density at radius 3 is 2.62 bits per heavy atom. The van der Waals surface area contributed by atoms with Crippen molar-refractivity contribution >= 4 is 17.6 Å². The average molecular weight is 291 g/mol. The van der Waals surface area contributed by atoms with E-state index in [1.165, 1.54) is 0 Å². The number of carboxylic acids is 1. The molecule has 1 heterocycles. The minimum Gasteiger partial charge on any atom is -0.481 e. The highest BCUT2D eigenvalue weighted by atomic mass is 16.5. The van der Waals surface area contributed by atoms with E-state index < -0.39 is 5.97 Å². The Kier molecular flexibility index (Phi) is 5.75. The summed E-state index contributed by atoms with van der Waals surface area (Å²) >= 11 is 0. The summed E-state index contributed by atoms with van der Waals surface area (Å²) in [6.45, 7) is 0.660. The van der Waals surface area contributed by atoms with Gasteiger partial charge >= 0.3 is 5.97 Å². The number of hydrogen-bond donors (Lipinski definition) is 2. The molecule has 0 radical (unpaired) electrons. The van der Waals surface area contributed by atoms with Crippen LogP contribution in [0.3, 0.4) is 0 Å². The second-order valence-corrected chi connectivity index (χ2v) is 5.29. The number of anilines is 1. The smallest absolute Gasteiger partial charge is 0.303 e. The molecular weight excluding hydrogens is 270 g/mol. The molecule has 0 saturated carbocycles. The first-order chi connectivity index (χ1) is 10.1. The fourth-order valence-electron chi connectivity index (χ4n) is 2.37. The van der Waals surface area contributed by atoms with Gasteiger partial charge in [0.1, 0.15) is 6.10 Å². The molecule has 21 heavy (non-hydrogen) atoms. The molecule has 1 aromatic rings. The van der Waals surface area contributed by atoms with Crippen LogP contribution in [0.1, 0.15) is 37.7 Å². The quantitative estimate of drug-likeness (QED) is 0.757. The molecule has 1 amide bonds. The van der Waals surface area contributed by atoms with Crippen LogP contribution in [-0.2, 0) is 20.7 Å². The van der Waals surface area contributed by atoms with Crippen LogP contribution >= 0.6 is 0 Å². The van der Waals surface area contributed by atoms with Gasteiger partial charge in [-0.05, 0) is 49.8 Å². The molecule has 1 saturated heterocycles. The first kappa shape index (κ1) is 15.5. The Balaban J connectivity index is 1.76. The molecule has 5 nitrogen and oxygen atoms in total. The predicted molar refractivity (Wildman–Crippen MR) is 79.2 cm³/mol. The third-order valence-electron chi connectivity index (χ3n) is 3.55. The van der Waals surface area contributed by atoms with E-state index in [0.717, 1.165) is 36.9 Å². The summed E-state index contributed by atoms with van der Waals surface area (Å²) in [5.74, 6) is -0.830. The van der Waals surface area contributed by atoms with Gasteiger partial charge in [0.25, 0.3) is 5.91 Å². The monoisotopic (exact) mass is 291 g/mol. The van der Waals surface area contributed by atoms with E-state index in [4.69, 9.17) is 9.84 Å². The average Bonchev–Trinajstić information content (AvgIpc) is 2.99. The van der Waals surface area contributed by atoms with Crippen LogP contribution in [0.25, 0.3) is 0 Å². The maximum Gasteiger partial charge on any atom is 0.303 e. The van der Waals surface area contributed by atoms with Gasteiger partial charge in [-0.2, -0.15) is 0 Å². The van der Waals surface area contributed by atoms with E-state index in [0.29, 0.717) is 13.0 Å². The molecule has 5 heteroatoms. The molecule has 0 aliphatic carbocycles. The lowest BCUT2D eigenvalue weighted by molar-refractivity contribution is -0.137. The van der Waals surface area contributed by atoms with E-state index in [2.05, 4.69) is 5.32 Å². The van der Waals surface area contributed by atoms with Gasteiger partial charge in [-0.1, -0.05) is 12.1 Å². The van der Waals surface area contributed by atoms with Crippen LogP contribution in [0.5, 0.6) is 0 Å². The van der Waals surface area contributed by atoms with Crippen molar-refractivity contribution < 1.29 is 19.4 Å². The van der Waals surface area contributed by atoms with Crippen LogP contribution in [0, 0.1) is 0 Å². The van der Waals surface area contributed by atoms with Crippen LogP contribution in [0.4, 0.5) is 5.69 Å². The fourth-order valence-corrected chi connectivity index (χ4v) is 2.37. The fraction of sp³-hybridized carbons (Fsp3) is 0.500.